The maximum Gasteiger partial charge on any atom is 0.240 e. The second-order valence-corrected chi connectivity index (χ2v) is 6.84. The Labute approximate surface area is 122 Å². The van der Waals surface area contributed by atoms with E-state index in [2.05, 4.69) is 23.5 Å². The first-order valence-corrected chi connectivity index (χ1v) is 8.33. The third-order valence-electron chi connectivity index (χ3n) is 3.72. The first-order valence-electron chi connectivity index (χ1n) is 6.84. The van der Waals surface area contributed by atoms with Crippen LogP contribution in [0.2, 0.25) is 0 Å². The Morgan fingerprint density at radius 1 is 1.40 bits per heavy atom. The van der Waals surface area contributed by atoms with Crippen molar-refractivity contribution in [2.24, 2.45) is 0 Å². The van der Waals surface area contributed by atoms with Crippen molar-refractivity contribution in [2.45, 2.75) is 38.1 Å². The van der Waals surface area contributed by atoms with Gasteiger partial charge in [-0.2, -0.15) is 0 Å². The minimum atomic E-state index is -3.50. The average molecular weight is 299 g/mol. The third kappa shape index (κ3) is 4.19. The van der Waals surface area contributed by atoms with E-state index in [9.17, 15) is 8.42 Å². The maximum absolute atomic E-state index is 12.2. The zero-order valence-corrected chi connectivity index (χ0v) is 13.5. The predicted molar refractivity (Wildman–Crippen MR) is 83.2 cm³/mol. The second kappa shape index (κ2) is 7.06. The molecule has 0 amide bonds. The Hall–Kier alpha value is -1.11. The van der Waals surface area contributed by atoms with Gasteiger partial charge in [0.05, 0.1) is 4.90 Å². The fourth-order valence-corrected chi connectivity index (χ4v) is 3.18. The van der Waals surface area contributed by atoms with Crippen molar-refractivity contribution in [3.8, 4) is 0 Å². The van der Waals surface area contributed by atoms with Crippen LogP contribution in [0, 0.1) is 6.92 Å². The van der Waals surface area contributed by atoms with Gasteiger partial charge in [-0.15, -0.1) is 0 Å². The lowest BCUT2D eigenvalue weighted by molar-refractivity contribution is 0.256. The molecule has 0 heterocycles. The SMILES string of the molecule is CCC(C)N(C)CCNS(=O)(=O)c1cccc(N)c1C. The zero-order chi connectivity index (χ0) is 15.3. The van der Waals surface area contributed by atoms with Crippen LogP contribution in [0.1, 0.15) is 25.8 Å². The van der Waals surface area contributed by atoms with Gasteiger partial charge in [-0.25, -0.2) is 13.1 Å². The smallest absolute Gasteiger partial charge is 0.240 e. The van der Waals surface area contributed by atoms with Crippen LogP contribution in [0.25, 0.3) is 0 Å². The van der Waals surface area contributed by atoms with E-state index in [1.165, 1.54) is 0 Å². The highest BCUT2D eigenvalue weighted by atomic mass is 32.2. The first kappa shape index (κ1) is 16.9. The molecule has 0 spiro atoms. The van der Waals surface area contributed by atoms with Gasteiger partial charge in [-0.3, -0.25) is 0 Å². The second-order valence-electron chi connectivity index (χ2n) is 5.11. The quantitative estimate of drug-likeness (QED) is 0.750. The van der Waals surface area contributed by atoms with E-state index < -0.39 is 10.0 Å². The fourth-order valence-electron chi connectivity index (χ4n) is 1.89. The molecule has 0 aromatic heterocycles. The summed E-state index contributed by atoms with van der Waals surface area (Å²) >= 11 is 0. The number of rotatable bonds is 7. The molecule has 1 rings (SSSR count). The Kier molecular flexibility index (Phi) is 5.98. The fraction of sp³-hybridized carbons (Fsp3) is 0.571. The zero-order valence-electron chi connectivity index (χ0n) is 12.7. The minimum Gasteiger partial charge on any atom is -0.398 e. The molecule has 114 valence electrons. The molecule has 0 aliphatic heterocycles. The first-order chi connectivity index (χ1) is 9.29. The summed E-state index contributed by atoms with van der Waals surface area (Å²) in [6.07, 6.45) is 1.04. The lowest BCUT2D eigenvalue weighted by Gasteiger charge is -2.23. The molecule has 5 nitrogen and oxygen atoms in total. The summed E-state index contributed by atoms with van der Waals surface area (Å²) in [6, 6.07) is 5.37. The Balaban J connectivity index is 2.69. The molecule has 0 fully saturated rings. The average Bonchev–Trinajstić information content (AvgIpc) is 2.40. The number of hydrogen-bond acceptors (Lipinski definition) is 4. The molecule has 1 aromatic rings. The number of nitrogens with two attached hydrogens (primary N) is 1. The van der Waals surface area contributed by atoms with Gasteiger partial charge < -0.3 is 10.6 Å². The van der Waals surface area contributed by atoms with Crippen molar-refractivity contribution in [3.63, 3.8) is 0 Å². The molecule has 0 bridgehead atoms. The van der Waals surface area contributed by atoms with E-state index in [1.54, 1.807) is 25.1 Å². The molecule has 0 aliphatic carbocycles. The van der Waals surface area contributed by atoms with E-state index in [0.29, 0.717) is 30.4 Å². The number of sulfonamides is 1. The normalized spacial score (nSPS) is 13.7. The van der Waals surface area contributed by atoms with Crippen molar-refractivity contribution in [1.82, 2.24) is 9.62 Å². The van der Waals surface area contributed by atoms with Crippen molar-refractivity contribution in [1.29, 1.82) is 0 Å². The lowest BCUT2D eigenvalue weighted by atomic mass is 10.2. The third-order valence-corrected chi connectivity index (χ3v) is 5.32. The molecular formula is C14H25N3O2S. The maximum atomic E-state index is 12.2. The standard InChI is InChI=1S/C14H25N3O2S/c1-5-11(2)17(4)10-9-16-20(18,19)14-8-6-7-13(15)12(14)3/h6-8,11,16H,5,9-10,15H2,1-4H3. The number of likely N-dealkylation sites (N-methyl/N-ethyl adjacent to an activating group) is 1. The van der Waals surface area contributed by atoms with E-state index in [0.717, 1.165) is 6.42 Å². The molecule has 0 aliphatic rings. The van der Waals surface area contributed by atoms with Crippen LogP contribution in [-0.2, 0) is 10.0 Å². The Morgan fingerprint density at radius 2 is 2.05 bits per heavy atom. The van der Waals surface area contributed by atoms with Crippen molar-refractivity contribution < 1.29 is 8.42 Å². The predicted octanol–water partition coefficient (Wildman–Crippen LogP) is 1.59. The summed E-state index contributed by atoms with van der Waals surface area (Å²) in [7, 11) is -1.50. The Bertz CT molecular complexity index is 543. The minimum absolute atomic E-state index is 0.253. The van der Waals surface area contributed by atoms with Gasteiger partial charge in [0.1, 0.15) is 0 Å². The highest BCUT2D eigenvalue weighted by molar-refractivity contribution is 7.89. The van der Waals surface area contributed by atoms with E-state index in [1.807, 2.05) is 7.05 Å². The molecular weight excluding hydrogens is 274 g/mol. The summed E-state index contributed by atoms with van der Waals surface area (Å²) in [5.41, 5.74) is 6.83. The topological polar surface area (TPSA) is 75.4 Å². The van der Waals surface area contributed by atoms with Crippen molar-refractivity contribution in [2.75, 3.05) is 25.9 Å². The molecule has 1 atom stereocenters. The van der Waals surface area contributed by atoms with Crippen LogP contribution in [0.5, 0.6) is 0 Å². The molecule has 0 saturated heterocycles. The number of anilines is 1. The Morgan fingerprint density at radius 3 is 2.65 bits per heavy atom. The van der Waals surface area contributed by atoms with Gasteiger partial charge in [-0.05, 0) is 45.0 Å². The van der Waals surface area contributed by atoms with Crippen LogP contribution in [-0.4, -0.2) is 39.5 Å². The highest BCUT2D eigenvalue weighted by Gasteiger charge is 2.17. The number of nitrogen functional groups attached to an aromatic ring is 1. The van der Waals surface area contributed by atoms with Crippen LogP contribution in [0.3, 0.4) is 0 Å². The molecule has 0 saturated carbocycles. The van der Waals surface area contributed by atoms with Crippen LogP contribution in [0.4, 0.5) is 5.69 Å². The van der Waals surface area contributed by atoms with E-state index in [-0.39, 0.29) is 4.90 Å². The molecule has 20 heavy (non-hydrogen) atoms. The van der Waals surface area contributed by atoms with Crippen molar-refractivity contribution >= 4 is 15.7 Å². The molecule has 0 radical (unpaired) electrons. The molecule has 1 aromatic carbocycles. The molecule has 3 N–H and O–H groups in total. The van der Waals surface area contributed by atoms with Crippen LogP contribution in [0.15, 0.2) is 23.1 Å². The summed E-state index contributed by atoms with van der Waals surface area (Å²) < 4.78 is 27.1. The van der Waals surface area contributed by atoms with Gasteiger partial charge in [0.2, 0.25) is 10.0 Å². The highest BCUT2D eigenvalue weighted by Crippen LogP contribution is 2.19. The van der Waals surface area contributed by atoms with Gasteiger partial charge in [0, 0.05) is 24.8 Å². The van der Waals surface area contributed by atoms with Crippen LogP contribution >= 0.6 is 0 Å². The summed E-state index contributed by atoms with van der Waals surface area (Å²) in [5.74, 6) is 0. The lowest BCUT2D eigenvalue weighted by Crippen LogP contribution is -2.37. The van der Waals surface area contributed by atoms with Crippen LogP contribution < -0.4 is 10.5 Å². The number of nitrogens with zero attached hydrogens (tertiary/aromatic N) is 1. The van der Waals surface area contributed by atoms with Gasteiger partial charge >= 0.3 is 0 Å². The molecule has 1 unspecified atom stereocenters. The van der Waals surface area contributed by atoms with Gasteiger partial charge in [0.15, 0.2) is 0 Å². The summed E-state index contributed by atoms with van der Waals surface area (Å²) in [6.45, 7) is 7.01. The van der Waals surface area contributed by atoms with Gasteiger partial charge in [0.25, 0.3) is 0 Å². The van der Waals surface area contributed by atoms with E-state index >= 15 is 0 Å². The summed E-state index contributed by atoms with van der Waals surface area (Å²) in [5, 5.41) is 0. The monoisotopic (exact) mass is 299 g/mol. The number of hydrogen-bond donors (Lipinski definition) is 2. The summed E-state index contributed by atoms with van der Waals surface area (Å²) in [4.78, 5) is 2.39. The largest absolute Gasteiger partial charge is 0.398 e. The number of benzene rings is 1. The van der Waals surface area contributed by atoms with E-state index in [4.69, 9.17) is 5.73 Å². The van der Waals surface area contributed by atoms with Crippen molar-refractivity contribution in [3.05, 3.63) is 23.8 Å². The van der Waals surface area contributed by atoms with Gasteiger partial charge in [-0.1, -0.05) is 13.0 Å². The number of nitrogens with one attached hydrogen (secondary N) is 1. The molecule has 6 heteroatoms.